The Labute approximate surface area is 166 Å². The maximum absolute atomic E-state index is 12.9. The van der Waals surface area contributed by atoms with E-state index in [4.69, 9.17) is 9.47 Å². The third-order valence-electron chi connectivity index (χ3n) is 5.94. The fourth-order valence-electron chi connectivity index (χ4n) is 4.54. The van der Waals surface area contributed by atoms with Gasteiger partial charge in [0.25, 0.3) is 0 Å². The van der Waals surface area contributed by atoms with Crippen LogP contribution in [0.5, 0.6) is 0 Å². The molecule has 0 spiro atoms. The lowest BCUT2D eigenvalue weighted by molar-refractivity contribution is -0.174. The maximum atomic E-state index is 12.9. The summed E-state index contributed by atoms with van der Waals surface area (Å²) < 4.78 is 11.4. The van der Waals surface area contributed by atoms with Gasteiger partial charge < -0.3 is 9.47 Å². The Morgan fingerprint density at radius 1 is 1.15 bits per heavy atom. The summed E-state index contributed by atoms with van der Waals surface area (Å²) in [6, 6.07) is 0. The molecule has 6 unspecified atom stereocenters. The van der Waals surface area contributed by atoms with Gasteiger partial charge in [0, 0.05) is 11.2 Å². The zero-order valence-corrected chi connectivity index (χ0v) is 18.1. The monoisotopic (exact) mass is 430 g/mol. The molecule has 2 aliphatic heterocycles. The normalized spacial score (nSPS) is 30.0. The summed E-state index contributed by atoms with van der Waals surface area (Å²) in [7, 11) is 0. The largest absolute Gasteiger partial charge is 0.466 e. The van der Waals surface area contributed by atoms with E-state index >= 15 is 0 Å². The lowest BCUT2D eigenvalue weighted by Crippen LogP contribution is -2.52. The van der Waals surface area contributed by atoms with Crippen LogP contribution in [-0.4, -0.2) is 35.4 Å². The van der Waals surface area contributed by atoms with Gasteiger partial charge in [-0.15, -0.1) is 0 Å². The van der Waals surface area contributed by atoms with Crippen LogP contribution in [0.3, 0.4) is 0 Å². The molecule has 2 bridgehead atoms. The number of carbonyl (C=O) groups excluding carboxylic acids is 2. The number of ketones is 1. The summed E-state index contributed by atoms with van der Waals surface area (Å²) in [4.78, 5) is 25.6. The Morgan fingerprint density at radius 3 is 2.50 bits per heavy atom. The zero-order valence-electron chi connectivity index (χ0n) is 16.5. The molecule has 1 saturated carbocycles. The number of unbranched alkanes of at least 4 members (excludes halogenated alkanes) is 1. The fourth-order valence-corrected chi connectivity index (χ4v) is 5.55. The predicted octanol–water partition coefficient (Wildman–Crippen LogP) is 5.06. The molecule has 0 radical (unpaired) electrons. The molecule has 6 atom stereocenters. The average Bonchev–Trinajstić information content (AvgIpc) is 2.65. The van der Waals surface area contributed by atoms with Gasteiger partial charge in [-0.3, -0.25) is 9.59 Å². The number of hydrogen-bond acceptors (Lipinski definition) is 4. The van der Waals surface area contributed by atoms with E-state index in [0.717, 1.165) is 51.4 Å². The molecule has 0 aromatic carbocycles. The van der Waals surface area contributed by atoms with E-state index in [0.29, 0.717) is 23.3 Å². The number of halogens is 1. The molecule has 3 aliphatic rings. The number of alkyl halides is 1. The minimum absolute atomic E-state index is 0.105. The van der Waals surface area contributed by atoms with Gasteiger partial charge in [0.1, 0.15) is 6.10 Å². The van der Waals surface area contributed by atoms with E-state index in [9.17, 15) is 9.59 Å². The van der Waals surface area contributed by atoms with Crippen molar-refractivity contribution in [2.45, 2.75) is 95.6 Å². The molecule has 150 valence electrons. The fraction of sp³-hybridized carbons (Fsp3) is 0.905. The Kier molecular flexibility index (Phi) is 9.08. The SMILES string of the molecule is CCCCC(CC(=O)C1OC2CCC1CC2C(Br)CCC)C(=O)OCC. The van der Waals surface area contributed by atoms with Crippen LogP contribution in [0.2, 0.25) is 0 Å². The minimum atomic E-state index is -0.315. The first-order chi connectivity index (χ1) is 12.5. The average molecular weight is 431 g/mol. The van der Waals surface area contributed by atoms with Gasteiger partial charge in [-0.25, -0.2) is 0 Å². The molecule has 0 aromatic rings. The Bertz CT molecular complexity index is 467. The first-order valence-electron chi connectivity index (χ1n) is 10.5. The third-order valence-corrected chi connectivity index (χ3v) is 7.08. The van der Waals surface area contributed by atoms with Crippen LogP contribution in [0.4, 0.5) is 0 Å². The molecule has 0 N–H and O–H groups in total. The third kappa shape index (κ3) is 5.54. The smallest absolute Gasteiger partial charge is 0.309 e. The van der Waals surface area contributed by atoms with Gasteiger partial charge in [-0.1, -0.05) is 49.0 Å². The Hall–Kier alpha value is -0.420. The van der Waals surface area contributed by atoms with Crippen LogP contribution < -0.4 is 0 Å². The Morgan fingerprint density at radius 2 is 1.92 bits per heavy atom. The molecule has 4 nitrogen and oxygen atoms in total. The van der Waals surface area contributed by atoms with Crippen molar-refractivity contribution < 1.29 is 19.1 Å². The molecule has 3 fully saturated rings. The molecule has 1 aliphatic carbocycles. The van der Waals surface area contributed by atoms with E-state index in [1.807, 2.05) is 6.92 Å². The molecular formula is C21H35BrO4. The number of rotatable bonds is 11. The highest BCUT2D eigenvalue weighted by Crippen LogP contribution is 2.45. The highest BCUT2D eigenvalue weighted by Gasteiger charge is 2.47. The topological polar surface area (TPSA) is 52.6 Å². The zero-order chi connectivity index (χ0) is 19.1. The van der Waals surface area contributed by atoms with Crippen molar-refractivity contribution in [1.82, 2.24) is 0 Å². The van der Waals surface area contributed by atoms with Gasteiger partial charge in [-0.2, -0.15) is 0 Å². The van der Waals surface area contributed by atoms with E-state index in [2.05, 4.69) is 29.8 Å². The standard InChI is InChI=1S/C21H35BrO4/c1-4-7-9-15(21(24)25-6-3)13-18(23)20-14-10-11-19(26-20)16(12-14)17(22)8-5-2/h14-17,19-20H,4-13H2,1-3H3. The van der Waals surface area contributed by atoms with Gasteiger partial charge >= 0.3 is 5.97 Å². The Balaban J connectivity index is 1.96. The van der Waals surface area contributed by atoms with Gasteiger partial charge in [0.05, 0.1) is 18.6 Å². The van der Waals surface area contributed by atoms with Crippen molar-refractivity contribution in [2.75, 3.05) is 6.61 Å². The molecule has 2 heterocycles. The van der Waals surface area contributed by atoms with Crippen molar-refractivity contribution in [3.63, 3.8) is 0 Å². The predicted molar refractivity (Wildman–Crippen MR) is 106 cm³/mol. The van der Waals surface area contributed by atoms with E-state index in [1.165, 1.54) is 0 Å². The second kappa shape index (κ2) is 10.8. The number of carbonyl (C=O) groups is 2. The van der Waals surface area contributed by atoms with Gasteiger partial charge in [0.15, 0.2) is 5.78 Å². The summed E-state index contributed by atoms with van der Waals surface area (Å²) in [5.74, 6) is 0.388. The van der Waals surface area contributed by atoms with Crippen molar-refractivity contribution in [1.29, 1.82) is 0 Å². The van der Waals surface area contributed by atoms with Crippen molar-refractivity contribution in [3.8, 4) is 0 Å². The summed E-state index contributed by atoms with van der Waals surface area (Å²) >= 11 is 3.84. The second-order valence-electron chi connectivity index (χ2n) is 7.90. The van der Waals surface area contributed by atoms with Crippen LogP contribution in [0.25, 0.3) is 0 Å². The number of hydrogen-bond donors (Lipinski definition) is 0. The summed E-state index contributed by atoms with van der Waals surface area (Å²) in [5.41, 5.74) is 0. The summed E-state index contributed by atoms with van der Waals surface area (Å²) in [5, 5.41) is 0. The molecule has 0 amide bonds. The highest BCUT2D eigenvalue weighted by molar-refractivity contribution is 9.09. The summed E-state index contributed by atoms with van der Waals surface area (Å²) in [6.45, 7) is 6.48. The summed E-state index contributed by atoms with van der Waals surface area (Å²) in [6.07, 6.45) is 8.32. The van der Waals surface area contributed by atoms with Crippen LogP contribution in [0, 0.1) is 17.8 Å². The van der Waals surface area contributed by atoms with Crippen molar-refractivity contribution >= 4 is 27.7 Å². The number of Topliss-reactive ketones (excluding diaryl/α,β-unsaturated/α-hetero) is 1. The van der Waals surface area contributed by atoms with Crippen LogP contribution in [-0.2, 0) is 19.1 Å². The molecule has 5 heteroatoms. The van der Waals surface area contributed by atoms with E-state index in [1.54, 1.807) is 0 Å². The van der Waals surface area contributed by atoms with Crippen LogP contribution >= 0.6 is 15.9 Å². The van der Waals surface area contributed by atoms with Crippen LogP contribution in [0.1, 0.15) is 78.6 Å². The van der Waals surface area contributed by atoms with Gasteiger partial charge in [-0.05, 0) is 50.9 Å². The second-order valence-corrected chi connectivity index (χ2v) is 9.07. The molecule has 0 aromatic heterocycles. The first kappa shape index (κ1) is 21.9. The van der Waals surface area contributed by atoms with Crippen LogP contribution in [0.15, 0.2) is 0 Å². The van der Waals surface area contributed by atoms with Gasteiger partial charge in [0.2, 0.25) is 0 Å². The van der Waals surface area contributed by atoms with E-state index in [-0.39, 0.29) is 36.3 Å². The first-order valence-corrected chi connectivity index (χ1v) is 11.4. The quantitative estimate of drug-likeness (QED) is 0.339. The lowest BCUT2D eigenvalue weighted by Gasteiger charge is -2.48. The molecule has 2 saturated heterocycles. The number of fused-ring (bicyclic) bond motifs is 3. The lowest BCUT2D eigenvalue weighted by atomic mass is 9.70. The molecule has 3 rings (SSSR count). The minimum Gasteiger partial charge on any atom is -0.466 e. The highest BCUT2D eigenvalue weighted by atomic mass is 79.9. The van der Waals surface area contributed by atoms with E-state index < -0.39 is 0 Å². The molecule has 26 heavy (non-hydrogen) atoms. The van der Waals surface area contributed by atoms with Crippen molar-refractivity contribution in [2.24, 2.45) is 17.8 Å². The number of ether oxygens (including phenoxy) is 2. The maximum Gasteiger partial charge on any atom is 0.309 e. The number of esters is 1. The molecular weight excluding hydrogens is 396 g/mol. The van der Waals surface area contributed by atoms with Crippen molar-refractivity contribution in [3.05, 3.63) is 0 Å².